The predicted octanol–water partition coefficient (Wildman–Crippen LogP) is 6.25. The number of allylic oxidation sites excluding steroid dienone is 1. The van der Waals surface area contributed by atoms with Crippen LogP contribution in [-0.4, -0.2) is 6.61 Å². The molecule has 0 saturated heterocycles. The fourth-order valence-electron chi connectivity index (χ4n) is 4.40. The fraction of sp³-hybridized carbons (Fsp3) is 0.565. The summed E-state index contributed by atoms with van der Waals surface area (Å²) in [6.07, 6.45) is 13.2. The van der Waals surface area contributed by atoms with Crippen molar-refractivity contribution in [2.45, 2.75) is 71.1 Å². The Kier molecular flexibility index (Phi) is 5.67. The molecule has 1 fully saturated rings. The maximum absolute atomic E-state index is 6.07. The van der Waals surface area contributed by atoms with E-state index in [4.69, 9.17) is 4.74 Å². The van der Waals surface area contributed by atoms with Gasteiger partial charge in [-0.1, -0.05) is 43.9 Å². The quantitative estimate of drug-likeness (QED) is 0.459. The largest absolute Gasteiger partial charge is 0.489 e. The van der Waals surface area contributed by atoms with E-state index in [1.54, 1.807) is 0 Å². The van der Waals surface area contributed by atoms with E-state index in [0.29, 0.717) is 11.3 Å². The molecule has 1 saturated carbocycles. The Morgan fingerprint density at radius 2 is 1.79 bits per heavy atom. The van der Waals surface area contributed by atoms with Crippen molar-refractivity contribution in [1.29, 1.82) is 0 Å². The predicted molar refractivity (Wildman–Crippen MR) is 101 cm³/mol. The van der Waals surface area contributed by atoms with Crippen LogP contribution in [-0.2, 0) is 0 Å². The Morgan fingerprint density at radius 1 is 1.08 bits per heavy atom. The molecule has 1 atom stereocenters. The second kappa shape index (κ2) is 7.93. The van der Waals surface area contributed by atoms with Gasteiger partial charge in [0.2, 0.25) is 0 Å². The standard InChI is InChI=1S/C23H30O/c1-3-8-20(4-2)21-10-12-22(13-11-21)24-18-19-9-7-16-23(17-19)14-5-6-15-23/h10-13,17,20H,4-7,9,14-16,18H2,1-2H3/t20-/m0/s1. The van der Waals surface area contributed by atoms with Crippen molar-refractivity contribution in [2.75, 3.05) is 6.61 Å². The van der Waals surface area contributed by atoms with E-state index in [-0.39, 0.29) is 0 Å². The third kappa shape index (κ3) is 4.04. The monoisotopic (exact) mass is 322 g/mol. The Balaban J connectivity index is 1.60. The van der Waals surface area contributed by atoms with Gasteiger partial charge in [-0.3, -0.25) is 0 Å². The highest BCUT2D eigenvalue weighted by Crippen LogP contribution is 2.47. The third-order valence-electron chi connectivity index (χ3n) is 5.72. The Labute approximate surface area is 147 Å². The summed E-state index contributed by atoms with van der Waals surface area (Å²) in [7, 11) is 0. The Bertz CT molecular complexity index is 620. The lowest BCUT2D eigenvalue weighted by Gasteiger charge is -2.31. The molecule has 0 aromatic heterocycles. The molecule has 0 heterocycles. The van der Waals surface area contributed by atoms with Crippen LogP contribution in [0.3, 0.4) is 0 Å². The molecule has 3 rings (SSSR count). The summed E-state index contributed by atoms with van der Waals surface area (Å²) in [6, 6.07) is 8.54. The van der Waals surface area contributed by atoms with Gasteiger partial charge in [0.15, 0.2) is 0 Å². The van der Waals surface area contributed by atoms with Crippen LogP contribution in [0.15, 0.2) is 35.9 Å². The molecular weight excluding hydrogens is 292 g/mol. The number of hydrogen-bond acceptors (Lipinski definition) is 1. The first-order valence-electron chi connectivity index (χ1n) is 9.60. The van der Waals surface area contributed by atoms with E-state index >= 15 is 0 Å². The first-order valence-corrected chi connectivity index (χ1v) is 9.60. The van der Waals surface area contributed by atoms with Crippen molar-refractivity contribution in [3.8, 4) is 17.6 Å². The highest BCUT2D eigenvalue weighted by Gasteiger charge is 2.33. The molecule has 2 aliphatic rings. The number of benzene rings is 1. The summed E-state index contributed by atoms with van der Waals surface area (Å²) < 4.78 is 6.07. The van der Waals surface area contributed by atoms with Crippen LogP contribution in [0.25, 0.3) is 0 Å². The molecule has 0 N–H and O–H groups in total. The zero-order chi connectivity index (χ0) is 16.8. The average molecular weight is 322 g/mol. The molecule has 1 aromatic rings. The lowest BCUT2D eigenvalue weighted by Crippen LogP contribution is -2.19. The molecule has 1 nitrogen and oxygen atoms in total. The SMILES string of the molecule is CC#C[C@H](CC)c1ccc(OCC2=CC3(CCCC3)CCC2)cc1. The van der Waals surface area contributed by atoms with E-state index < -0.39 is 0 Å². The van der Waals surface area contributed by atoms with Gasteiger partial charge in [-0.2, -0.15) is 0 Å². The number of ether oxygens (including phenoxy) is 1. The van der Waals surface area contributed by atoms with E-state index in [0.717, 1.165) is 18.8 Å². The minimum atomic E-state index is 0.340. The summed E-state index contributed by atoms with van der Waals surface area (Å²) >= 11 is 0. The fourth-order valence-corrected chi connectivity index (χ4v) is 4.40. The normalized spacial score (nSPS) is 20.2. The molecule has 0 amide bonds. The molecule has 1 aromatic carbocycles. The summed E-state index contributed by atoms with van der Waals surface area (Å²) in [5.41, 5.74) is 3.32. The van der Waals surface area contributed by atoms with Gasteiger partial charge in [0.1, 0.15) is 12.4 Å². The smallest absolute Gasteiger partial charge is 0.119 e. The van der Waals surface area contributed by atoms with Crippen molar-refractivity contribution in [2.24, 2.45) is 5.41 Å². The van der Waals surface area contributed by atoms with E-state index in [1.165, 1.54) is 56.1 Å². The van der Waals surface area contributed by atoms with Crippen LogP contribution in [0, 0.1) is 17.3 Å². The third-order valence-corrected chi connectivity index (χ3v) is 5.72. The van der Waals surface area contributed by atoms with E-state index in [1.807, 2.05) is 6.92 Å². The second-order valence-electron chi connectivity index (χ2n) is 7.44. The minimum Gasteiger partial charge on any atom is -0.489 e. The number of rotatable bonds is 5. The van der Waals surface area contributed by atoms with Crippen molar-refractivity contribution in [3.05, 3.63) is 41.5 Å². The summed E-state index contributed by atoms with van der Waals surface area (Å²) in [5, 5.41) is 0. The first kappa shape index (κ1) is 17.2. The van der Waals surface area contributed by atoms with Crippen molar-refractivity contribution in [3.63, 3.8) is 0 Å². The molecule has 1 heteroatoms. The summed E-state index contributed by atoms with van der Waals surface area (Å²) in [4.78, 5) is 0. The molecule has 0 aliphatic heterocycles. The molecule has 0 bridgehead atoms. The van der Waals surface area contributed by atoms with Gasteiger partial charge >= 0.3 is 0 Å². The zero-order valence-corrected chi connectivity index (χ0v) is 15.2. The molecule has 0 radical (unpaired) electrons. The molecule has 24 heavy (non-hydrogen) atoms. The topological polar surface area (TPSA) is 9.23 Å². The molecule has 0 unspecified atom stereocenters. The molecule has 2 aliphatic carbocycles. The van der Waals surface area contributed by atoms with Crippen LogP contribution in [0.5, 0.6) is 5.75 Å². The molecular formula is C23H30O. The van der Waals surface area contributed by atoms with Gasteiger partial charge in [-0.25, -0.2) is 0 Å². The lowest BCUT2D eigenvalue weighted by molar-refractivity contribution is 0.300. The van der Waals surface area contributed by atoms with Crippen LogP contribution >= 0.6 is 0 Å². The van der Waals surface area contributed by atoms with Crippen molar-refractivity contribution >= 4 is 0 Å². The van der Waals surface area contributed by atoms with Gasteiger partial charge in [-0.15, -0.1) is 5.92 Å². The maximum Gasteiger partial charge on any atom is 0.119 e. The van der Waals surface area contributed by atoms with Crippen LogP contribution in [0.1, 0.15) is 76.7 Å². The first-order chi connectivity index (χ1) is 11.7. The Hall–Kier alpha value is -1.68. The van der Waals surface area contributed by atoms with E-state index in [9.17, 15) is 0 Å². The van der Waals surface area contributed by atoms with Gasteiger partial charge in [0.25, 0.3) is 0 Å². The minimum absolute atomic E-state index is 0.340. The van der Waals surface area contributed by atoms with Gasteiger partial charge in [-0.05, 0) is 74.1 Å². The average Bonchev–Trinajstić information content (AvgIpc) is 3.06. The van der Waals surface area contributed by atoms with Crippen molar-refractivity contribution in [1.82, 2.24) is 0 Å². The van der Waals surface area contributed by atoms with Crippen LogP contribution in [0.2, 0.25) is 0 Å². The summed E-state index contributed by atoms with van der Waals surface area (Å²) in [6.45, 7) is 4.86. The van der Waals surface area contributed by atoms with Gasteiger partial charge < -0.3 is 4.74 Å². The molecule has 128 valence electrons. The zero-order valence-electron chi connectivity index (χ0n) is 15.2. The highest BCUT2D eigenvalue weighted by molar-refractivity contribution is 5.33. The van der Waals surface area contributed by atoms with Gasteiger partial charge in [0, 0.05) is 5.92 Å². The lowest BCUT2D eigenvalue weighted by atomic mass is 9.75. The van der Waals surface area contributed by atoms with E-state index in [2.05, 4.69) is 49.1 Å². The van der Waals surface area contributed by atoms with Crippen LogP contribution in [0.4, 0.5) is 0 Å². The summed E-state index contributed by atoms with van der Waals surface area (Å²) in [5.74, 6) is 7.63. The maximum atomic E-state index is 6.07. The van der Waals surface area contributed by atoms with Gasteiger partial charge in [0.05, 0.1) is 0 Å². The van der Waals surface area contributed by atoms with Crippen molar-refractivity contribution < 1.29 is 4.74 Å². The van der Waals surface area contributed by atoms with Crippen LogP contribution < -0.4 is 4.74 Å². The number of hydrogen-bond donors (Lipinski definition) is 0. The highest BCUT2D eigenvalue weighted by atomic mass is 16.5. The second-order valence-corrected chi connectivity index (χ2v) is 7.44. The molecule has 1 spiro atoms. The Morgan fingerprint density at radius 3 is 2.46 bits per heavy atom.